The maximum absolute atomic E-state index is 5.24. The number of rotatable bonds is 1. The Morgan fingerprint density at radius 2 is 1.32 bits per heavy atom. The summed E-state index contributed by atoms with van der Waals surface area (Å²) in [5.41, 5.74) is 1.30. The minimum absolute atomic E-state index is 0.576. The lowest BCUT2D eigenvalue weighted by atomic mass is 9.72. The highest BCUT2D eigenvalue weighted by molar-refractivity contribution is 4.97. The molecule has 0 bridgehead atoms. The van der Waals surface area contributed by atoms with Crippen molar-refractivity contribution < 1.29 is 4.74 Å². The van der Waals surface area contributed by atoms with Gasteiger partial charge in [-0.2, -0.15) is 0 Å². The highest BCUT2D eigenvalue weighted by atomic mass is 16.5. The second kappa shape index (κ2) is 9.16. The van der Waals surface area contributed by atoms with Crippen LogP contribution in [0.1, 0.15) is 53.4 Å². The Kier molecular flexibility index (Phi) is 7.75. The van der Waals surface area contributed by atoms with Gasteiger partial charge in [-0.3, -0.25) is 0 Å². The zero-order valence-corrected chi connectivity index (χ0v) is 17.8. The van der Waals surface area contributed by atoms with Crippen LogP contribution in [0.15, 0.2) is 0 Å². The predicted molar refractivity (Wildman–Crippen MR) is 107 cm³/mol. The van der Waals surface area contributed by atoms with Gasteiger partial charge in [0, 0.05) is 31.1 Å². The Bertz CT molecular complexity index is 379. The number of hydrogen-bond donors (Lipinski definition) is 0. The van der Waals surface area contributed by atoms with Crippen molar-refractivity contribution in [3.63, 3.8) is 0 Å². The topological polar surface area (TPSA) is 19.0 Å². The highest BCUT2D eigenvalue weighted by Gasteiger charge is 2.43. The maximum atomic E-state index is 5.24. The first kappa shape index (κ1) is 21.1. The summed E-state index contributed by atoms with van der Waals surface area (Å²) in [5, 5.41) is 0. The molecule has 0 atom stereocenters. The van der Waals surface area contributed by atoms with Crippen LogP contribution in [-0.4, -0.2) is 87.3 Å². The molecule has 4 aliphatic heterocycles. The largest absolute Gasteiger partial charge is 0.380 e. The Hall–Kier alpha value is -0.160. The third kappa shape index (κ3) is 5.41. The van der Waals surface area contributed by atoms with Gasteiger partial charge in [0.25, 0.3) is 0 Å². The summed E-state index contributed by atoms with van der Waals surface area (Å²) in [6.07, 6.45) is 5.60. The number of piperidine rings is 2. The summed E-state index contributed by atoms with van der Waals surface area (Å²) in [6.45, 7) is 18.5. The molecule has 4 rings (SSSR count). The third-order valence-electron chi connectivity index (χ3n) is 6.47. The molecular formula is C21H43N3O. The Morgan fingerprint density at radius 1 is 0.760 bits per heavy atom. The molecule has 0 amide bonds. The van der Waals surface area contributed by atoms with E-state index in [9.17, 15) is 0 Å². The first-order chi connectivity index (χ1) is 11.9. The van der Waals surface area contributed by atoms with E-state index in [4.69, 9.17) is 4.74 Å². The van der Waals surface area contributed by atoms with Crippen molar-refractivity contribution in [3.05, 3.63) is 0 Å². The van der Waals surface area contributed by atoms with Gasteiger partial charge in [-0.05, 0) is 78.7 Å². The predicted octanol–water partition coefficient (Wildman–Crippen LogP) is 3.18. The molecular weight excluding hydrogens is 310 g/mol. The van der Waals surface area contributed by atoms with Crippen LogP contribution in [0.2, 0.25) is 0 Å². The average Bonchev–Trinajstić information content (AvgIpc) is 2.55. The Labute approximate surface area is 156 Å². The van der Waals surface area contributed by atoms with E-state index in [2.05, 4.69) is 42.6 Å². The van der Waals surface area contributed by atoms with Gasteiger partial charge >= 0.3 is 0 Å². The molecule has 0 aromatic heterocycles. The van der Waals surface area contributed by atoms with Gasteiger partial charge in [0.15, 0.2) is 0 Å². The van der Waals surface area contributed by atoms with Crippen LogP contribution in [0.4, 0.5) is 0 Å². The van der Waals surface area contributed by atoms with Crippen molar-refractivity contribution in [3.8, 4) is 0 Å². The van der Waals surface area contributed by atoms with E-state index in [1.807, 2.05) is 13.8 Å². The molecule has 0 aliphatic carbocycles. The number of hydrogen-bond acceptors (Lipinski definition) is 4. The molecule has 4 nitrogen and oxygen atoms in total. The van der Waals surface area contributed by atoms with Gasteiger partial charge in [-0.15, -0.1) is 0 Å². The van der Waals surface area contributed by atoms with Crippen LogP contribution in [0.5, 0.6) is 0 Å². The van der Waals surface area contributed by atoms with Crippen LogP contribution in [0, 0.1) is 10.8 Å². The molecule has 4 aliphatic rings. The lowest BCUT2D eigenvalue weighted by Gasteiger charge is -2.53. The highest BCUT2D eigenvalue weighted by Crippen LogP contribution is 2.39. The number of ether oxygens (including phenoxy) is 1. The fraction of sp³-hybridized carbons (Fsp3) is 1.00. The second-order valence-electron chi connectivity index (χ2n) is 9.14. The molecule has 4 fully saturated rings. The molecule has 0 saturated carbocycles. The van der Waals surface area contributed by atoms with Crippen LogP contribution in [-0.2, 0) is 4.74 Å². The van der Waals surface area contributed by atoms with Gasteiger partial charge in [-0.1, -0.05) is 13.8 Å². The number of nitrogens with zero attached hydrogens (tertiary/aromatic N) is 3. The van der Waals surface area contributed by atoms with Crippen LogP contribution in [0.25, 0.3) is 0 Å². The van der Waals surface area contributed by atoms with Crippen LogP contribution < -0.4 is 0 Å². The van der Waals surface area contributed by atoms with Crippen LogP contribution >= 0.6 is 0 Å². The minimum atomic E-state index is 0.576. The first-order valence-electron chi connectivity index (χ1n) is 10.6. The van der Waals surface area contributed by atoms with E-state index in [0.717, 1.165) is 24.7 Å². The smallest absolute Gasteiger partial charge is 0.0557 e. The summed E-state index contributed by atoms with van der Waals surface area (Å²) < 4.78 is 5.24. The monoisotopic (exact) mass is 353 g/mol. The van der Waals surface area contributed by atoms with Crippen molar-refractivity contribution in [2.45, 2.75) is 59.4 Å². The van der Waals surface area contributed by atoms with E-state index in [-0.39, 0.29) is 0 Å². The lowest BCUT2D eigenvalue weighted by Crippen LogP contribution is -2.59. The molecule has 0 aromatic carbocycles. The van der Waals surface area contributed by atoms with Gasteiger partial charge in [0.05, 0.1) is 13.2 Å². The van der Waals surface area contributed by atoms with Gasteiger partial charge in [0.1, 0.15) is 0 Å². The van der Waals surface area contributed by atoms with E-state index in [0.29, 0.717) is 5.41 Å². The quantitative estimate of drug-likeness (QED) is 0.721. The normalized spacial score (nSPS) is 28.4. The maximum Gasteiger partial charge on any atom is 0.0557 e. The van der Waals surface area contributed by atoms with Crippen molar-refractivity contribution in [2.24, 2.45) is 10.8 Å². The molecule has 0 N–H and O–H groups in total. The summed E-state index contributed by atoms with van der Waals surface area (Å²) >= 11 is 0. The average molecular weight is 354 g/mol. The molecule has 4 heterocycles. The second-order valence-corrected chi connectivity index (χ2v) is 9.14. The standard InChI is InChI=1S/C11H22N2.C8H15NO.C2H6/c1-10(2)13-6-4-11(5-7-13)8-12(3)9-11;1-9-4-2-3-8(5-9)6-10-7-8;1-2/h10H,4-9H2,1-3H3;2-7H2,1H3;1-2H3. The fourth-order valence-corrected chi connectivity index (χ4v) is 5.01. The zero-order valence-electron chi connectivity index (χ0n) is 17.8. The van der Waals surface area contributed by atoms with E-state index in [1.54, 1.807) is 0 Å². The van der Waals surface area contributed by atoms with Gasteiger partial charge in [0.2, 0.25) is 0 Å². The van der Waals surface area contributed by atoms with Crippen LogP contribution in [0.3, 0.4) is 0 Å². The number of likely N-dealkylation sites (tertiary alicyclic amines) is 3. The van der Waals surface area contributed by atoms with Crippen molar-refractivity contribution in [2.75, 3.05) is 66.6 Å². The zero-order chi connectivity index (χ0) is 18.5. The first-order valence-corrected chi connectivity index (χ1v) is 10.6. The fourth-order valence-electron chi connectivity index (χ4n) is 5.01. The lowest BCUT2D eigenvalue weighted by molar-refractivity contribution is -0.140. The minimum Gasteiger partial charge on any atom is -0.380 e. The van der Waals surface area contributed by atoms with Crippen molar-refractivity contribution in [1.82, 2.24) is 14.7 Å². The summed E-state index contributed by atoms with van der Waals surface area (Å²) in [4.78, 5) is 7.49. The van der Waals surface area contributed by atoms with E-state index < -0.39 is 0 Å². The molecule has 0 aromatic rings. The molecule has 0 unspecified atom stereocenters. The SMILES string of the molecule is CC.CC(C)N1CCC2(CC1)CN(C)C2.CN1CCCC2(COC2)C1. The summed E-state index contributed by atoms with van der Waals surface area (Å²) in [7, 11) is 4.44. The summed E-state index contributed by atoms with van der Waals surface area (Å²) in [5.74, 6) is 0. The van der Waals surface area contributed by atoms with Gasteiger partial charge < -0.3 is 19.4 Å². The van der Waals surface area contributed by atoms with Gasteiger partial charge in [-0.25, -0.2) is 0 Å². The Balaban J connectivity index is 0.000000168. The molecule has 0 radical (unpaired) electrons. The van der Waals surface area contributed by atoms with E-state index >= 15 is 0 Å². The summed E-state index contributed by atoms with van der Waals surface area (Å²) in [6, 6.07) is 0.746. The third-order valence-corrected chi connectivity index (χ3v) is 6.47. The Morgan fingerprint density at radius 3 is 1.68 bits per heavy atom. The molecule has 25 heavy (non-hydrogen) atoms. The van der Waals surface area contributed by atoms with Crippen molar-refractivity contribution in [1.29, 1.82) is 0 Å². The van der Waals surface area contributed by atoms with Crippen molar-refractivity contribution >= 4 is 0 Å². The molecule has 4 saturated heterocycles. The molecule has 4 heteroatoms. The molecule has 2 spiro atoms. The van der Waals surface area contributed by atoms with E-state index in [1.165, 1.54) is 65.0 Å². The molecule has 148 valence electrons.